The van der Waals surface area contributed by atoms with Crippen molar-refractivity contribution >= 4 is 27.4 Å². The van der Waals surface area contributed by atoms with Crippen molar-refractivity contribution in [3.05, 3.63) is 47.1 Å². The fourth-order valence-corrected chi connectivity index (χ4v) is 4.28. The minimum absolute atomic E-state index is 0.997. The second-order valence-electron chi connectivity index (χ2n) is 6.57. The van der Waals surface area contributed by atoms with Crippen molar-refractivity contribution in [2.75, 3.05) is 38.2 Å². The highest BCUT2D eigenvalue weighted by Crippen LogP contribution is 2.26. The maximum absolute atomic E-state index is 5.53. The van der Waals surface area contributed by atoms with Crippen LogP contribution in [0.1, 0.15) is 11.1 Å². The zero-order valence-electron chi connectivity index (χ0n) is 14.7. The Morgan fingerprint density at radius 3 is 2.84 bits per heavy atom. The number of hydrogen-bond donors (Lipinski definition) is 1. The zero-order chi connectivity index (χ0) is 17.2. The van der Waals surface area contributed by atoms with E-state index in [0.717, 1.165) is 49.1 Å². The number of fused-ring (bicyclic) bond motifs is 1. The molecule has 5 nitrogen and oxygen atoms in total. The summed E-state index contributed by atoms with van der Waals surface area (Å²) in [5.74, 6) is 2.08. The van der Waals surface area contributed by atoms with Gasteiger partial charge in [0.25, 0.3) is 0 Å². The van der Waals surface area contributed by atoms with Crippen LogP contribution in [0.3, 0.4) is 0 Å². The molecule has 0 saturated carbocycles. The summed E-state index contributed by atoms with van der Waals surface area (Å²) >= 11 is 1.68. The van der Waals surface area contributed by atoms with Crippen LogP contribution >= 0.6 is 11.3 Å². The molecule has 3 heterocycles. The van der Waals surface area contributed by atoms with Crippen molar-refractivity contribution in [3.8, 4) is 5.75 Å². The summed E-state index contributed by atoms with van der Waals surface area (Å²) in [5.41, 5.74) is 2.59. The first kappa shape index (κ1) is 16.3. The van der Waals surface area contributed by atoms with Crippen molar-refractivity contribution < 1.29 is 9.64 Å². The monoisotopic (exact) mass is 355 g/mol. The highest BCUT2D eigenvalue weighted by Gasteiger charge is 2.23. The fourth-order valence-electron chi connectivity index (χ4n) is 3.56. The second kappa shape index (κ2) is 6.98. The predicted octanol–water partition coefficient (Wildman–Crippen LogP) is 1.91. The van der Waals surface area contributed by atoms with Gasteiger partial charge < -0.3 is 14.5 Å². The fraction of sp³-hybridized carbons (Fsp3) is 0.368. The summed E-state index contributed by atoms with van der Waals surface area (Å²) in [6.07, 6.45) is 1.69. The predicted molar refractivity (Wildman–Crippen MR) is 102 cm³/mol. The molecule has 1 fully saturated rings. The van der Waals surface area contributed by atoms with Crippen LogP contribution in [0, 0.1) is 6.92 Å². The summed E-state index contributed by atoms with van der Waals surface area (Å²) in [5, 5.41) is 3.27. The average molecular weight is 355 g/mol. The molecule has 2 aromatic heterocycles. The van der Waals surface area contributed by atoms with Gasteiger partial charge in [-0.2, -0.15) is 0 Å². The third-order valence-electron chi connectivity index (χ3n) is 4.89. The molecule has 0 spiro atoms. The van der Waals surface area contributed by atoms with E-state index in [9.17, 15) is 0 Å². The Morgan fingerprint density at radius 2 is 2.04 bits per heavy atom. The summed E-state index contributed by atoms with van der Waals surface area (Å²) in [7, 11) is 1.75. The van der Waals surface area contributed by atoms with Gasteiger partial charge in [0.1, 0.15) is 29.3 Å². The van der Waals surface area contributed by atoms with Gasteiger partial charge in [0.15, 0.2) is 0 Å². The summed E-state index contributed by atoms with van der Waals surface area (Å²) in [6, 6.07) is 8.56. The number of methoxy groups -OCH3 is 1. The molecule has 6 heteroatoms. The smallest absolute Gasteiger partial charge is 0.141 e. The summed E-state index contributed by atoms with van der Waals surface area (Å²) < 4.78 is 5.53. The van der Waals surface area contributed by atoms with Crippen molar-refractivity contribution in [3.63, 3.8) is 0 Å². The average Bonchev–Trinajstić information content (AvgIpc) is 3.11. The van der Waals surface area contributed by atoms with Crippen molar-refractivity contribution in [1.82, 2.24) is 9.97 Å². The lowest BCUT2D eigenvalue weighted by Gasteiger charge is -2.33. The van der Waals surface area contributed by atoms with Crippen molar-refractivity contribution in [1.29, 1.82) is 0 Å². The molecule has 0 atom stereocenters. The van der Waals surface area contributed by atoms with Crippen molar-refractivity contribution in [2.45, 2.75) is 13.5 Å². The number of quaternary nitrogens is 1. The van der Waals surface area contributed by atoms with Gasteiger partial charge in [0.05, 0.1) is 38.7 Å². The number of piperazine rings is 1. The molecule has 25 heavy (non-hydrogen) atoms. The molecule has 0 bridgehead atoms. The standard InChI is InChI=1S/C19H22N4OS/c1-14-3-4-17(24-2)15(11-14)12-22-6-8-23(9-7-22)18-16-5-10-25-19(16)21-13-20-18/h3-5,10-11,13H,6-9,12H2,1-2H3/p+1. The normalized spacial score (nSPS) is 15.7. The maximum atomic E-state index is 5.53. The third-order valence-corrected chi connectivity index (χ3v) is 5.71. The topological polar surface area (TPSA) is 42.7 Å². The first-order chi connectivity index (χ1) is 12.2. The Morgan fingerprint density at radius 1 is 1.20 bits per heavy atom. The van der Waals surface area contributed by atoms with Gasteiger partial charge in [0, 0.05) is 5.56 Å². The SMILES string of the molecule is COc1ccc(C)cc1C[NH+]1CCN(c2ncnc3sccc23)CC1. The molecule has 0 aliphatic carbocycles. The van der Waals surface area contributed by atoms with E-state index >= 15 is 0 Å². The molecular formula is C19H23N4OS+. The van der Waals surface area contributed by atoms with Crippen LogP contribution in [0.15, 0.2) is 36.0 Å². The lowest BCUT2D eigenvalue weighted by molar-refractivity contribution is -0.914. The Labute approximate surface area is 151 Å². The highest BCUT2D eigenvalue weighted by molar-refractivity contribution is 7.16. The molecule has 0 radical (unpaired) electrons. The number of anilines is 1. The Balaban J connectivity index is 1.45. The molecule has 1 aromatic carbocycles. The van der Waals surface area contributed by atoms with Crippen LogP contribution in [0.2, 0.25) is 0 Å². The third kappa shape index (κ3) is 3.32. The summed E-state index contributed by atoms with van der Waals surface area (Å²) in [6.45, 7) is 7.39. The molecule has 1 aliphatic rings. The Kier molecular flexibility index (Phi) is 4.55. The Bertz CT molecular complexity index is 871. The van der Waals surface area contributed by atoms with Crippen LogP contribution in [-0.4, -0.2) is 43.3 Å². The molecule has 0 unspecified atom stereocenters. The number of aryl methyl sites for hydroxylation is 1. The van der Waals surface area contributed by atoms with E-state index in [4.69, 9.17) is 4.74 Å². The van der Waals surface area contributed by atoms with Crippen LogP contribution in [0.25, 0.3) is 10.2 Å². The van der Waals surface area contributed by atoms with Gasteiger partial charge in [0.2, 0.25) is 0 Å². The second-order valence-corrected chi connectivity index (χ2v) is 7.46. The lowest BCUT2D eigenvalue weighted by atomic mass is 10.1. The number of benzene rings is 1. The highest BCUT2D eigenvalue weighted by atomic mass is 32.1. The van der Waals surface area contributed by atoms with Crippen LogP contribution in [-0.2, 0) is 6.54 Å². The van der Waals surface area contributed by atoms with Gasteiger partial charge in [-0.05, 0) is 30.5 Å². The molecule has 1 saturated heterocycles. The molecule has 4 rings (SSSR count). The van der Waals surface area contributed by atoms with Crippen molar-refractivity contribution in [2.24, 2.45) is 0 Å². The van der Waals surface area contributed by atoms with E-state index in [2.05, 4.69) is 51.4 Å². The number of aromatic nitrogens is 2. The zero-order valence-corrected chi connectivity index (χ0v) is 15.5. The number of hydrogen-bond acceptors (Lipinski definition) is 5. The van der Waals surface area contributed by atoms with Crippen LogP contribution < -0.4 is 14.5 Å². The minimum Gasteiger partial charge on any atom is -0.496 e. The molecule has 3 aromatic rings. The first-order valence-corrected chi connectivity index (χ1v) is 9.53. The van der Waals surface area contributed by atoms with E-state index < -0.39 is 0 Å². The number of nitrogens with zero attached hydrogens (tertiary/aromatic N) is 3. The molecular weight excluding hydrogens is 332 g/mol. The van der Waals surface area contributed by atoms with Gasteiger partial charge >= 0.3 is 0 Å². The van der Waals surface area contributed by atoms with E-state index in [-0.39, 0.29) is 0 Å². The van der Waals surface area contributed by atoms with E-state index in [1.807, 2.05) is 0 Å². The van der Waals surface area contributed by atoms with Crippen LogP contribution in [0.4, 0.5) is 5.82 Å². The summed E-state index contributed by atoms with van der Waals surface area (Å²) in [4.78, 5) is 14.0. The largest absolute Gasteiger partial charge is 0.496 e. The van der Waals surface area contributed by atoms with Gasteiger partial charge in [-0.3, -0.25) is 0 Å². The van der Waals surface area contributed by atoms with E-state index in [1.165, 1.54) is 16.5 Å². The Hall–Kier alpha value is -2.18. The number of thiophene rings is 1. The molecule has 1 aliphatic heterocycles. The number of rotatable bonds is 4. The lowest BCUT2D eigenvalue weighted by Crippen LogP contribution is -3.13. The minimum atomic E-state index is 0.997. The molecule has 130 valence electrons. The van der Waals surface area contributed by atoms with Gasteiger partial charge in [-0.1, -0.05) is 11.6 Å². The first-order valence-electron chi connectivity index (χ1n) is 8.65. The number of ether oxygens (including phenoxy) is 1. The van der Waals surface area contributed by atoms with Crippen LogP contribution in [0.5, 0.6) is 5.75 Å². The maximum Gasteiger partial charge on any atom is 0.141 e. The van der Waals surface area contributed by atoms with E-state index in [0.29, 0.717) is 0 Å². The molecule has 1 N–H and O–H groups in total. The van der Waals surface area contributed by atoms with Gasteiger partial charge in [-0.25, -0.2) is 9.97 Å². The number of nitrogens with one attached hydrogen (secondary N) is 1. The van der Waals surface area contributed by atoms with Gasteiger partial charge in [-0.15, -0.1) is 11.3 Å². The quantitative estimate of drug-likeness (QED) is 0.776. The molecule has 0 amide bonds. The van der Waals surface area contributed by atoms with E-state index in [1.54, 1.807) is 29.7 Å².